The van der Waals surface area contributed by atoms with Gasteiger partial charge in [0, 0.05) is 5.56 Å². The van der Waals surface area contributed by atoms with Crippen LogP contribution < -0.4 is 9.62 Å². The van der Waals surface area contributed by atoms with Gasteiger partial charge in [-0.2, -0.15) is 0 Å². The van der Waals surface area contributed by atoms with Gasteiger partial charge in [-0.25, -0.2) is 8.42 Å². The average Bonchev–Trinajstić information content (AvgIpc) is 2.75. The van der Waals surface area contributed by atoms with Gasteiger partial charge >= 0.3 is 0 Å². The van der Waals surface area contributed by atoms with Crippen LogP contribution in [0.15, 0.2) is 60.7 Å². The van der Waals surface area contributed by atoms with Gasteiger partial charge in [0.2, 0.25) is 10.0 Å². The maximum atomic E-state index is 12.9. The number of nitrogens with one attached hydrogen (secondary N) is 1. The zero-order valence-corrected chi connectivity index (χ0v) is 21.0. The van der Waals surface area contributed by atoms with Gasteiger partial charge in [0.1, 0.15) is 0 Å². The predicted molar refractivity (Wildman–Crippen MR) is 135 cm³/mol. The number of carbonyl (C=O) groups is 1. The second-order valence-corrected chi connectivity index (χ2v) is 10.6. The lowest BCUT2D eigenvalue weighted by Crippen LogP contribution is -2.30. The number of carbonyl (C=O) groups excluding carboxylic acids is 1. The average molecular weight is 465 g/mol. The molecular formula is C27H32N2O3S. The lowest BCUT2D eigenvalue weighted by atomic mass is 9.96. The molecule has 0 saturated heterocycles. The molecule has 0 spiro atoms. The maximum absolute atomic E-state index is 12.9. The van der Waals surface area contributed by atoms with E-state index >= 15 is 0 Å². The fraction of sp³-hybridized carbons (Fsp3) is 0.296. The van der Waals surface area contributed by atoms with Crippen LogP contribution in [0.1, 0.15) is 56.7 Å². The van der Waals surface area contributed by atoms with E-state index < -0.39 is 10.0 Å². The molecule has 1 unspecified atom stereocenters. The molecule has 0 aliphatic rings. The van der Waals surface area contributed by atoms with Crippen molar-refractivity contribution < 1.29 is 13.2 Å². The highest BCUT2D eigenvalue weighted by atomic mass is 32.2. The van der Waals surface area contributed by atoms with Crippen LogP contribution in [0.4, 0.5) is 5.69 Å². The highest BCUT2D eigenvalue weighted by molar-refractivity contribution is 7.92. The van der Waals surface area contributed by atoms with Crippen LogP contribution in [0.3, 0.4) is 0 Å². The fourth-order valence-electron chi connectivity index (χ4n) is 3.93. The van der Waals surface area contributed by atoms with Gasteiger partial charge in [-0.3, -0.25) is 9.10 Å². The van der Waals surface area contributed by atoms with E-state index in [1.165, 1.54) is 21.7 Å². The van der Waals surface area contributed by atoms with E-state index in [9.17, 15) is 13.2 Å². The molecule has 1 amide bonds. The van der Waals surface area contributed by atoms with E-state index in [1.54, 1.807) is 24.3 Å². The number of anilines is 1. The Balaban J connectivity index is 1.79. The summed E-state index contributed by atoms with van der Waals surface area (Å²) in [4.78, 5) is 12.9. The van der Waals surface area contributed by atoms with E-state index in [4.69, 9.17) is 0 Å². The first-order valence-electron chi connectivity index (χ1n) is 11.0. The quantitative estimate of drug-likeness (QED) is 0.511. The minimum atomic E-state index is -3.50. The third kappa shape index (κ3) is 5.82. The van der Waals surface area contributed by atoms with Crippen LogP contribution in [0.25, 0.3) is 0 Å². The Morgan fingerprint density at radius 1 is 0.879 bits per heavy atom. The Morgan fingerprint density at radius 3 is 2.09 bits per heavy atom. The summed E-state index contributed by atoms with van der Waals surface area (Å²) in [5, 5.41) is 3.06. The van der Waals surface area contributed by atoms with Crippen molar-refractivity contribution in [3.8, 4) is 0 Å². The van der Waals surface area contributed by atoms with E-state index in [0.717, 1.165) is 22.3 Å². The van der Waals surface area contributed by atoms with E-state index in [0.29, 0.717) is 11.3 Å². The van der Waals surface area contributed by atoms with Crippen molar-refractivity contribution in [2.75, 3.05) is 10.6 Å². The molecule has 3 rings (SSSR count). The number of benzene rings is 3. The van der Waals surface area contributed by atoms with Crippen LogP contribution in [0.2, 0.25) is 0 Å². The largest absolute Gasteiger partial charge is 0.346 e. The van der Waals surface area contributed by atoms with Gasteiger partial charge in [0.05, 0.1) is 24.5 Å². The van der Waals surface area contributed by atoms with Crippen molar-refractivity contribution in [2.45, 2.75) is 47.2 Å². The molecule has 174 valence electrons. The second kappa shape index (κ2) is 9.79. The van der Waals surface area contributed by atoms with Gasteiger partial charge in [-0.1, -0.05) is 36.4 Å². The SMILES string of the molecule is Cc1cc(C)c(C(C)NC(=O)c2ccc(N(Cc3ccccc3C)S(C)(=O)=O)cc2)cc1C. The lowest BCUT2D eigenvalue weighted by molar-refractivity contribution is 0.0940. The molecule has 0 aromatic heterocycles. The third-order valence-electron chi connectivity index (χ3n) is 6.09. The zero-order valence-electron chi connectivity index (χ0n) is 20.1. The van der Waals surface area contributed by atoms with Crippen LogP contribution in [0, 0.1) is 27.7 Å². The van der Waals surface area contributed by atoms with Gasteiger partial charge < -0.3 is 5.32 Å². The molecule has 33 heavy (non-hydrogen) atoms. The van der Waals surface area contributed by atoms with Gasteiger partial charge in [-0.15, -0.1) is 0 Å². The highest BCUT2D eigenvalue weighted by Gasteiger charge is 2.20. The monoisotopic (exact) mass is 464 g/mol. The summed E-state index contributed by atoms with van der Waals surface area (Å²) in [6.45, 7) is 10.4. The number of amides is 1. The number of hydrogen-bond donors (Lipinski definition) is 1. The van der Waals surface area contributed by atoms with E-state index in [2.05, 4.69) is 31.3 Å². The zero-order chi connectivity index (χ0) is 24.3. The number of nitrogens with zero attached hydrogens (tertiary/aromatic N) is 1. The number of sulfonamides is 1. The summed E-state index contributed by atoms with van der Waals surface area (Å²) in [6.07, 6.45) is 1.19. The van der Waals surface area contributed by atoms with Crippen molar-refractivity contribution in [2.24, 2.45) is 0 Å². The summed E-state index contributed by atoms with van der Waals surface area (Å²) in [5.41, 5.74) is 7.61. The molecule has 3 aromatic rings. The Kier molecular flexibility index (Phi) is 7.28. The molecular weight excluding hydrogens is 432 g/mol. The Bertz CT molecular complexity index is 1270. The molecule has 0 fully saturated rings. The van der Waals surface area contributed by atoms with Crippen molar-refractivity contribution in [1.82, 2.24) is 5.32 Å². The summed E-state index contributed by atoms with van der Waals surface area (Å²) in [7, 11) is -3.50. The van der Waals surface area contributed by atoms with Crippen LogP contribution in [-0.4, -0.2) is 20.6 Å². The van der Waals surface area contributed by atoms with Crippen LogP contribution in [-0.2, 0) is 16.6 Å². The summed E-state index contributed by atoms with van der Waals surface area (Å²) in [6, 6.07) is 18.5. The molecule has 5 nitrogen and oxygen atoms in total. The molecule has 0 radical (unpaired) electrons. The third-order valence-corrected chi connectivity index (χ3v) is 7.23. The predicted octanol–water partition coefficient (Wildman–Crippen LogP) is 5.38. The Labute approximate surface area is 197 Å². The highest BCUT2D eigenvalue weighted by Crippen LogP contribution is 2.24. The van der Waals surface area contributed by atoms with Gasteiger partial charge in [0.15, 0.2) is 0 Å². The summed E-state index contributed by atoms with van der Waals surface area (Å²) in [5.74, 6) is -0.198. The van der Waals surface area contributed by atoms with E-state index in [1.807, 2.05) is 45.0 Å². The first-order chi connectivity index (χ1) is 15.5. The molecule has 1 atom stereocenters. The molecule has 6 heteroatoms. The standard InChI is InChI=1S/C27H32N2O3S/c1-18-9-7-8-10-24(18)17-29(33(6,31)32)25-13-11-23(12-14-25)27(30)28-22(5)26-16-20(3)19(2)15-21(26)4/h7-16,22H,17H2,1-6H3,(H,28,30). The lowest BCUT2D eigenvalue weighted by Gasteiger charge is -2.24. The molecule has 0 aliphatic heterocycles. The molecule has 3 aromatic carbocycles. The smallest absolute Gasteiger partial charge is 0.251 e. The van der Waals surface area contributed by atoms with Crippen molar-refractivity contribution >= 4 is 21.6 Å². The fourth-order valence-corrected chi connectivity index (χ4v) is 4.81. The minimum Gasteiger partial charge on any atom is -0.346 e. The van der Waals surface area contributed by atoms with Crippen molar-refractivity contribution in [3.63, 3.8) is 0 Å². The second-order valence-electron chi connectivity index (χ2n) is 8.73. The Morgan fingerprint density at radius 2 is 1.48 bits per heavy atom. The summed E-state index contributed by atoms with van der Waals surface area (Å²) < 4.78 is 26.4. The summed E-state index contributed by atoms with van der Waals surface area (Å²) >= 11 is 0. The number of aryl methyl sites for hydroxylation is 4. The molecule has 0 bridgehead atoms. The van der Waals surface area contributed by atoms with Crippen molar-refractivity contribution in [1.29, 1.82) is 0 Å². The maximum Gasteiger partial charge on any atom is 0.251 e. The van der Waals surface area contributed by atoms with E-state index in [-0.39, 0.29) is 18.5 Å². The van der Waals surface area contributed by atoms with Crippen LogP contribution in [0.5, 0.6) is 0 Å². The molecule has 1 N–H and O–H groups in total. The van der Waals surface area contributed by atoms with Crippen molar-refractivity contribution in [3.05, 3.63) is 99.6 Å². The molecule has 0 heterocycles. The van der Waals surface area contributed by atoms with Crippen LogP contribution >= 0.6 is 0 Å². The first-order valence-corrected chi connectivity index (χ1v) is 12.8. The topological polar surface area (TPSA) is 66.5 Å². The van der Waals surface area contributed by atoms with Gasteiger partial charge in [-0.05, 0) is 92.3 Å². The van der Waals surface area contributed by atoms with Gasteiger partial charge in [0.25, 0.3) is 5.91 Å². The molecule has 0 aliphatic carbocycles. The molecule has 0 saturated carbocycles. The number of rotatable bonds is 7. The normalized spacial score (nSPS) is 12.3. The number of hydrogen-bond acceptors (Lipinski definition) is 3. The minimum absolute atomic E-state index is 0.148. The Hall–Kier alpha value is -3.12. The first kappa shape index (κ1) is 24.5.